The van der Waals surface area contributed by atoms with Crippen molar-refractivity contribution in [1.82, 2.24) is 9.55 Å². The lowest BCUT2D eigenvalue weighted by Gasteiger charge is -2.13. The maximum atomic E-state index is 13.7. The SMILES string of the molecule is Cc1ccc(-n2c(C)cc(C=C(C(=O)c3ccccc3)c3nc4ccccc4s3)c2C)c(C)c1. The Morgan fingerprint density at radius 2 is 1.62 bits per heavy atom. The molecule has 0 bridgehead atoms. The summed E-state index contributed by atoms with van der Waals surface area (Å²) >= 11 is 1.56. The molecular weight excluding hydrogens is 436 g/mol. The van der Waals surface area contributed by atoms with Gasteiger partial charge >= 0.3 is 0 Å². The Labute approximate surface area is 204 Å². The lowest BCUT2D eigenvalue weighted by atomic mass is 10.0. The smallest absolute Gasteiger partial charge is 0.196 e. The quantitative estimate of drug-likeness (QED) is 0.198. The minimum atomic E-state index is -0.0176. The van der Waals surface area contributed by atoms with Crippen LogP contribution < -0.4 is 0 Å². The first-order valence-corrected chi connectivity index (χ1v) is 12.2. The summed E-state index contributed by atoms with van der Waals surface area (Å²) in [6.07, 6.45) is 2.01. The Balaban J connectivity index is 1.68. The Morgan fingerprint density at radius 3 is 2.35 bits per heavy atom. The van der Waals surface area contributed by atoms with Crippen LogP contribution in [0.4, 0.5) is 0 Å². The van der Waals surface area contributed by atoms with Gasteiger partial charge in [-0.15, -0.1) is 11.3 Å². The number of carbonyl (C=O) groups is 1. The van der Waals surface area contributed by atoms with Gasteiger partial charge in [-0.1, -0.05) is 60.2 Å². The highest BCUT2D eigenvalue weighted by Gasteiger charge is 2.20. The summed E-state index contributed by atoms with van der Waals surface area (Å²) < 4.78 is 3.34. The highest BCUT2D eigenvalue weighted by atomic mass is 32.1. The number of fused-ring (bicyclic) bond motifs is 1. The van der Waals surface area contributed by atoms with Gasteiger partial charge in [-0.25, -0.2) is 4.98 Å². The number of Topliss-reactive ketones (excluding diaryl/α,β-unsaturated/α-hetero) is 1. The van der Waals surface area contributed by atoms with Crippen LogP contribution in [0, 0.1) is 27.7 Å². The van der Waals surface area contributed by atoms with Crippen molar-refractivity contribution in [3.8, 4) is 5.69 Å². The predicted octanol–water partition coefficient (Wildman–Crippen LogP) is 7.74. The fraction of sp³-hybridized carbons (Fsp3) is 0.133. The average molecular weight is 463 g/mol. The van der Waals surface area contributed by atoms with Gasteiger partial charge in [0, 0.05) is 22.6 Å². The summed E-state index contributed by atoms with van der Waals surface area (Å²) in [5.74, 6) is -0.0176. The molecular formula is C30H26N2OS. The van der Waals surface area contributed by atoms with E-state index in [1.165, 1.54) is 11.1 Å². The van der Waals surface area contributed by atoms with Gasteiger partial charge in [-0.05, 0) is 69.2 Å². The van der Waals surface area contributed by atoms with E-state index in [-0.39, 0.29) is 5.78 Å². The molecule has 2 heterocycles. The molecule has 5 aromatic rings. The monoisotopic (exact) mass is 462 g/mol. The van der Waals surface area contributed by atoms with Crippen LogP contribution in [0.5, 0.6) is 0 Å². The van der Waals surface area contributed by atoms with Crippen molar-refractivity contribution < 1.29 is 4.79 Å². The third-order valence-corrected chi connectivity index (χ3v) is 7.24. The molecule has 168 valence electrons. The van der Waals surface area contributed by atoms with E-state index in [1.807, 2.05) is 60.7 Å². The van der Waals surface area contributed by atoms with Crippen LogP contribution in [-0.4, -0.2) is 15.3 Å². The number of nitrogens with zero attached hydrogens (tertiary/aromatic N) is 2. The molecule has 0 unspecified atom stereocenters. The Bertz CT molecular complexity index is 1520. The molecule has 0 radical (unpaired) electrons. The fourth-order valence-electron chi connectivity index (χ4n) is 4.47. The van der Waals surface area contributed by atoms with E-state index in [0.717, 1.165) is 37.9 Å². The second kappa shape index (κ2) is 8.88. The maximum absolute atomic E-state index is 13.7. The normalized spacial score (nSPS) is 11.8. The molecule has 0 N–H and O–H groups in total. The van der Waals surface area contributed by atoms with Crippen molar-refractivity contribution >= 4 is 39.0 Å². The standard InChI is InChI=1S/C30H26N2OS/c1-19-14-15-27(20(2)16-19)32-21(3)17-24(22(32)4)18-25(29(33)23-10-6-5-7-11-23)30-31-26-12-8-9-13-28(26)34-30/h5-18H,1-4H3. The van der Waals surface area contributed by atoms with E-state index in [4.69, 9.17) is 4.98 Å². The second-order valence-corrected chi connectivity index (χ2v) is 9.72. The van der Waals surface area contributed by atoms with Gasteiger partial charge in [-0.3, -0.25) is 4.79 Å². The number of aryl methyl sites for hydroxylation is 3. The highest BCUT2D eigenvalue weighted by molar-refractivity contribution is 7.20. The number of allylic oxidation sites excluding steroid dienone is 1. The zero-order valence-corrected chi connectivity index (χ0v) is 20.6. The summed E-state index contributed by atoms with van der Waals surface area (Å²) in [6.45, 7) is 8.48. The molecule has 4 heteroatoms. The van der Waals surface area contributed by atoms with Gasteiger partial charge in [0.05, 0.1) is 15.8 Å². The van der Waals surface area contributed by atoms with Gasteiger partial charge < -0.3 is 4.57 Å². The second-order valence-electron chi connectivity index (χ2n) is 8.69. The van der Waals surface area contributed by atoms with Crippen molar-refractivity contribution in [2.75, 3.05) is 0 Å². The van der Waals surface area contributed by atoms with E-state index in [2.05, 4.69) is 56.5 Å². The van der Waals surface area contributed by atoms with Crippen LogP contribution in [0.2, 0.25) is 0 Å². The summed E-state index contributed by atoms with van der Waals surface area (Å²) in [7, 11) is 0. The number of rotatable bonds is 5. The molecule has 0 aliphatic rings. The van der Waals surface area contributed by atoms with Crippen LogP contribution in [0.15, 0.2) is 78.9 Å². The lowest BCUT2D eigenvalue weighted by Crippen LogP contribution is -2.03. The number of thiazole rings is 1. The van der Waals surface area contributed by atoms with Gasteiger partial charge in [0.1, 0.15) is 5.01 Å². The van der Waals surface area contributed by atoms with Crippen molar-refractivity contribution in [2.24, 2.45) is 0 Å². The summed E-state index contributed by atoms with van der Waals surface area (Å²) in [5, 5.41) is 0.742. The summed E-state index contributed by atoms with van der Waals surface area (Å²) in [5.41, 5.74) is 9.08. The summed E-state index contributed by atoms with van der Waals surface area (Å²) in [4.78, 5) is 18.5. The third-order valence-electron chi connectivity index (χ3n) is 6.17. The molecule has 0 saturated carbocycles. The first kappa shape index (κ1) is 22.1. The lowest BCUT2D eigenvalue weighted by molar-refractivity contribution is 0.105. The van der Waals surface area contributed by atoms with Gasteiger partial charge in [0.25, 0.3) is 0 Å². The van der Waals surface area contributed by atoms with Crippen molar-refractivity contribution in [1.29, 1.82) is 0 Å². The fourth-order valence-corrected chi connectivity index (χ4v) is 5.45. The highest BCUT2D eigenvalue weighted by Crippen LogP contribution is 2.32. The number of para-hydroxylation sites is 1. The first-order valence-electron chi connectivity index (χ1n) is 11.4. The largest absolute Gasteiger partial charge is 0.318 e. The van der Waals surface area contributed by atoms with Gasteiger partial charge in [0.15, 0.2) is 5.78 Å². The maximum Gasteiger partial charge on any atom is 0.196 e. The number of hydrogen-bond donors (Lipinski definition) is 0. The minimum Gasteiger partial charge on any atom is -0.318 e. The van der Waals surface area contributed by atoms with Gasteiger partial charge in [0.2, 0.25) is 0 Å². The van der Waals surface area contributed by atoms with Crippen molar-refractivity contribution in [3.63, 3.8) is 0 Å². The van der Waals surface area contributed by atoms with Crippen molar-refractivity contribution in [2.45, 2.75) is 27.7 Å². The topological polar surface area (TPSA) is 34.9 Å². The van der Waals surface area contributed by atoms with Crippen LogP contribution in [0.1, 0.15) is 43.4 Å². The number of carbonyl (C=O) groups excluding carboxylic acids is 1. The number of ketones is 1. The van der Waals surface area contributed by atoms with E-state index in [1.54, 1.807) is 11.3 Å². The number of benzene rings is 3. The first-order chi connectivity index (χ1) is 16.4. The van der Waals surface area contributed by atoms with Crippen LogP contribution in [-0.2, 0) is 0 Å². The van der Waals surface area contributed by atoms with E-state index < -0.39 is 0 Å². The molecule has 0 aliphatic carbocycles. The molecule has 0 fully saturated rings. The minimum absolute atomic E-state index is 0.0176. The van der Waals surface area contributed by atoms with E-state index in [0.29, 0.717) is 11.1 Å². The van der Waals surface area contributed by atoms with Gasteiger partial charge in [-0.2, -0.15) is 0 Å². The van der Waals surface area contributed by atoms with Crippen molar-refractivity contribution in [3.05, 3.63) is 118 Å². The number of hydrogen-bond acceptors (Lipinski definition) is 3. The molecule has 3 nitrogen and oxygen atoms in total. The third kappa shape index (κ3) is 4.02. The zero-order valence-electron chi connectivity index (χ0n) is 19.8. The average Bonchev–Trinajstić information content (AvgIpc) is 3.38. The molecule has 3 aromatic carbocycles. The Kier molecular flexibility index (Phi) is 5.76. The van der Waals surface area contributed by atoms with E-state index >= 15 is 0 Å². The van der Waals surface area contributed by atoms with Crippen LogP contribution in [0.25, 0.3) is 27.6 Å². The Hall–Kier alpha value is -3.76. The molecule has 0 aliphatic heterocycles. The Morgan fingerprint density at radius 1 is 0.882 bits per heavy atom. The summed E-state index contributed by atoms with van der Waals surface area (Å²) in [6, 6.07) is 26.1. The molecule has 0 spiro atoms. The van der Waals surface area contributed by atoms with Crippen LogP contribution >= 0.6 is 11.3 Å². The molecule has 0 amide bonds. The predicted molar refractivity (Wildman–Crippen MR) is 143 cm³/mol. The van der Waals surface area contributed by atoms with E-state index in [9.17, 15) is 4.79 Å². The molecule has 0 atom stereocenters. The molecule has 0 saturated heterocycles. The molecule has 34 heavy (non-hydrogen) atoms. The zero-order chi connectivity index (χ0) is 23.8. The molecule has 2 aromatic heterocycles. The number of aromatic nitrogens is 2. The molecule has 5 rings (SSSR count). The van der Waals surface area contributed by atoms with Crippen LogP contribution in [0.3, 0.4) is 0 Å².